The first-order valence-corrected chi connectivity index (χ1v) is 11.1. The van der Waals surface area contributed by atoms with Gasteiger partial charge in [0.2, 0.25) is 0 Å². The molecule has 8 heteroatoms. The van der Waals surface area contributed by atoms with E-state index in [2.05, 4.69) is 20.5 Å². The van der Waals surface area contributed by atoms with Crippen LogP contribution in [0.3, 0.4) is 0 Å². The molecule has 2 aromatic carbocycles. The van der Waals surface area contributed by atoms with Crippen molar-refractivity contribution in [2.75, 3.05) is 44.7 Å². The van der Waals surface area contributed by atoms with Crippen LogP contribution in [0.25, 0.3) is 16.9 Å². The molecule has 33 heavy (non-hydrogen) atoms. The molecular weight excluding hydrogens is 416 g/mol. The molecule has 2 N–H and O–H groups in total. The van der Waals surface area contributed by atoms with Gasteiger partial charge in [0.15, 0.2) is 5.65 Å². The van der Waals surface area contributed by atoms with E-state index in [4.69, 9.17) is 9.72 Å². The maximum Gasteiger partial charge on any atom is 0.251 e. The smallest absolute Gasteiger partial charge is 0.251 e. The van der Waals surface area contributed by atoms with Crippen LogP contribution < -0.4 is 10.6 Å². The summed E-state index contributed by atoms with van der Waals surface area (Å²) < 4.78 is 7.33. The fourth-order valence-electron chi connectivity index (χ4n) is 3.95. The van der Waals surface area contributed by atoms with E-state index in [1.165, 1.54) is 0 Å². The van der Waals surface area contributed by atoms with Crippen molar-refractivity contribution < 1.29 is 9.53 Å². The Morgan fingerprint density at radius 1 is 1.06 bits per heavy atom. The van der Waals surface area contributed by atoms with Crippen LogP contribution in [-0.2, 0) is 4.74 Å². The zero-order valence-corrected chi connectivity index (χ0v) is 18.3. The number of amides is 1. The Kier molecular flexibility index (Phi) is 6.27. The second-order valence-electron chi connectivity index (χ2n) is 7.90. The van der Waals surface area contributed by atoms with Gasteiger partial charge in [-0.25, -0.2) is 4.98 Å². The van der Waals surface area contributed by atoms with Crippen molar-refractivity contribution in [1.82, 2.24) is 24.6 Å². The Balaban J connectivity index is 1.34. The molecule has 168 valence electrons. The fraction of sp³-hybridized carbons (Fsp3) is 0.240. The highest BCUT2D eigenvalue weighted by atomic mass is 16.5. The number of nitrogens with zero attached hydrogens (tertiary/aromatic N) is 4. The second kappa shape index (κ2) is 9.81. The molecule has 0 atom stereocenters. The van der Waals surface area contributed by atoms with Crippen LogP contribution in [0.2, 0.25) is 0 Å². The number of ether oxygens (including phenoxy) is 1. The number of carbonyl (C=O) groups is 1. The lowest BCUT2D eigenvalue weighted by Crippen LogP contribution is -2.41. The normalized spacial score (nSPS) is 14.3. The topological polar surface area (TPSA) is 83.8 Å². The first-order valence-electron chi connectivity index (χ1n) is 11.1. The maximum absolute atomic E-state index is 12.7. The van der Waals surface area contributed by atoms with Crippen LogP contribution in [-0.4, -0.2) is 64.6 Å². The summed E-state index contributed by atoms with van der Waals surface area (Å²) in [5.74, 6) is 0.737. The van der Waals surface area contributed by atoms with E-state index in [1.54, 1.807) is 12.4 Å². The third-order valence-corrected chi connectivity index (χ3v) is 5.68. The van der Waals surface area contributed by atoms with Gasteiger partial charge in [-0.15, -0.1) is 0 Å². The molecule has 0 bridgehead atoms. The van der Waals surface area contributed by atoms with E-state index in [9.17, 15) is 4.79 Å². The molecule has 1 amide bonds. The summed E-state index contributed by atoms with van der Waals surface area (Å²) in [6.07, 6.45) is 5.34. The van der Waals surface area contributed by atoms with Crippen molar-refractivity contribution in [2.24, 2.45) is 0 Å². The summed E-state index contributed by atoms with van der Waals surface area (Å²) in [6.45, 7) is 4.76. The second-order valence-corrected chi connectivity index (χ2v) is 7.90. The van der Waals surface area contributed by atoms with Gasteiger partial charge < -0.3 is 15.4 Å². The van der Waals surface area contributed by atoms with Crippen molar-refractivity contribution in [3.05, 3.63) is 78.8 Å². The van der Waals surface area contributed by atoms with Crippen molar-refractivity contribution in [2.45, 2.75) is 0 Å². The number of nitrogens with one attached hydrogen (secondary N) is 2. The minimum atomic E-state index is -0.0856. The molecule has 3 heterocycles. The minimum absolute atomic E-state index is 0.0856. The quantitative estimate of drug-likeness (QED) is 0.457. The Hall–Kier alpha value is -3.75. The Morgan fingerprint density at radius 2 is 1.91 bits per heavy atom. The molecule has 1 aliphatic rings. The summed E-state index contributed by atoms with van der Waals surface area (Å²) in [6, 6.07) is 17.5. The van der Waals surface area contributed by atoms with Gasteiger partial charge >= 0.3 is 0 Å². The highest BCUT2D eigenvalue weighted by Gasteiger charge is 2.15. The van der Waals surface area contributed by atoms with Gasteiger partial charge in [0.05, 0.1) is 19.4 Å². The molecule has 1 saturated heterocycles. The average molecular weight is 443 g/mol. The van der Waals surface area contributed by atoms with Crippen LogP contribution >= 0.6 is 0 Å². The predicted octanol–water partition coefficient (Wildman–Crippen LogP) is 3.20. The number of anilines is 2. The third-order valence-electron chi connectivity index (χ3n) is 5.68. The summed E-state index contributed by atoms with van der Waals surface area (Å²) in [4.78, 5) is 24.0. The van der Waals surface area contributed by atoms with Crippen LogP contribution in [0, 0.1) is 0 Å². The lowest BCUT2D eigenvalue weighted by molar-refractivity contribution is 0.0383. The Labute approximate surface area is 192 Å². The monoisotopic (exact) mass is 442 g/mol. The van der Waals surface area contributed by atoms with Gasteiger partial charge in [-0.3, -0.25) is 19.1 Å². The van der Waals surface area contributed by atoms with Crippen LogP contribution in [0.15, 0.2) is 73.2 Å². The molecule has 0 spiro atoms. The van der Waals surface area contributed by atoms with E-state index in [1.807, 2.05) is 65.2 Å². The number of aromatic nitrogens is 3. The van der Waals surface area contributed by atoms with Gasteiger partial charge in [0.25, 0.3) is 5.91 Å². The SMILES string of the molecule is O=C(NCCN1CCOCC1)c1cccc(Nc2c(-c3ccccc3)nc3cnccn23)c1. The van der Waals surface area contributed by atoms with Crippen LogP contribution in [0.5, 0.6) is 0 Å². The maximum atomic E-state index is 12.7. The third kappa shape index (κ3) is 4.87. The summed E-state index contributed by atoms with van der Waals surface area (Å²) in [5, 5.41) is 6.49. The van der Waals surface area contributed by atoms with E-state index >= 15 is 0 Å². The fourth-order valence-corrected chi connectivity index (χ4v) is 3.95. The zero-order valence-electron chi connectivity index (χ0n) is 18.3. The summed E-state index contributed by atoms with van der Waals surface area (Å²) in [5.41, 5.74) is 3.99. The molecule has 0 unspecified atom stereocenters. The Bertz CT molecular complexity index is 1230. The van der Waals surface area contributed by atoms with Crippen LogP contribution in [0.1, 0.15) is 10.4 Å². The molecule has 5 rings (SSSR count). The highest BCUT2D eigenvalue weighted by molar-refractivity contribution is 5.95. The number of hydrogen-bond donors (Lipinski definition) is 2. The molecule has 0 radical (unpaired) electrons. The average Bonchev–Trinajstić information content (AvgIpc) is 3.24. The molecule has 8 nitrogen and oxygen atoms in total. The summed E-state index contributed by atoms with van der Waals surface area (Å²) >= 11 is 0. The van der Waals surface area contributed by atoms with E-state index in [0.717, 1.165) is 61.3 Å². The summed E-state index contributed by atoms with van der Waals surface area (Å²) in [7, 11) is 0. The van der Waals surface area contributed by atoms with Gasteiger partial charge in [0.1, 0.15) is 11.5 Å². The van der Waals surface area contributed by atoms with Crippen LogP contribution in [0.4, 0.5) is 11.5 Å². The minimum Gasteiger partial charge on any atom is -0.379 e. The Morgan fingerprint density at radius 3 is 2.76 bits per heavy atom. The van der Waals surface area contributed by atoms with Gasteiger partial charge in [0, 0.05) is 55.4 Å². The van der Waals surface area contributed by atoms with E-state index in [0.29, 0.717) is 12.1 Å². The van der Waals surface area contributed by atoms with Gasteiger partial charge in [-0.05, 0) is 18.2 Å². The number of rotatable bonds is 7. The van der Waals surface area contributed by atoms with E-state index < -0.39 is 0 Å². The van der Waals surface area contributed by atoms with Gasteiger partial charge in [-0.2, -0.15) is 0 Å². The first kappa shape index (κ1) is 21.1. The molecule has 2 aromatic heterocycles. The first-order chi connectivity index (χ1) is 16.3. The molecule has 0 saturated carbocycles. The number of imidazole rings is 1. The van der Waals surface area contributed by atoms with E-state index in [-0.39, 0.29) is 5.91 Å². The van der Waals surface area contributed by atoms with Crippen molar-refractivity contribution in [1.29, 1.82) is 0 Å². The largest absolute Gasteiger partial charge is 0.379 e. The number of hydrogen-bond acceptors (Lipinski definition) is 6. The standard InChI is InChI=1S/C25H26N6O2/c32-25(27-10-11-30-13-15-33-16-14-30)20-7-4-8-21(17-20)28-24-23(19-5-2-1-3-6-19)29-22-18-26-9-12-31(22)24/h1-9,12,17-18,28H,10-11,13-16H2,(H,27,32). The van der Waals surface area contributed by atoms with Crippen molar-refractivity contribution in [3.63, 3.8) is 0 Å². The lowest BCUT2D eigenvalue weighted by atomic mass is 10.1. The number of benzene rings is 2. The molecule has 4 aromatic rings. The highest BCUT2D eigenvalue weighted by Crippen LogP contribution is 2.30. The van der Waals surface area contributed by atoms with Gasteiger partial charge in [-0.1, -0.05) is 36.4 Å². The zero-order chi connectivity index (χ0) is 22.5. The van der Waals surface area contributed by atoms with Crippen molar-refractivity contribution >= 4 is 23.1 Å². The molecular formula is C25H26N6O2. The number of carbonyl (C=O) groups excluding carboxylic acids is 1. The molecule has 1 aliphatic heterocycles. The number of fused-ring (bicyclic) bond motifs is 1. The number of morpholine rings is 1. The lowest BCUT2D eigenvalue weighted by Gasteiger charge is -2.26. The molecule has 1 fully saturated rings. The van der Waals surface area contributed by atoms with Crippen molar-refractivity contribution in [3.8, 4) is 11.3 Å². The predicted molar refractivity (Wildman–Crippen MR) is 128 cm³/mol. The molecule has 0 aliphatic carbocycles.